The smallest absolute Gasteiger partial charge is 0.239 e. The molecule has 0 aromatic rings. The SMILES string of the molecule is C[C@@H](N)C(=O)N1C[C@H]2CC[C@H]1C2. The van der Waals surface area contributed by atoms with Gasteiger partial charge in [-0.15, -0.1) is 0 Å². The summed E-state index contributed by atoms with van der Waals surface area (Å²) in [5.74, 6) is 0.917. The van der Waals surface area contributed by atoms with Crippen LogP contribution in [0.5, 0.6) is 0 Å². The molecule has 1 amide bonds. The Morgan fingerprint density at radius 1 is 1.58 bits per heavy atom. The van der Waals surface area contributed by atoms with Crippen LogP contribution in [0.15, 0.2) is 0 Å². The first-order valence-electron chi connectivity index (χ1n) is 4.74. The molecule has 0 aromatic carbocycles. The third-order valence-electron chi connectivity index (χ3n) is 3.08. The summed E-state index contributed by atoms with van der Waals surface area (Å²) in [6, 6.07) is 0.206. The van der Waals surface area contributed by atoms with Gasteiger partial charge < -0.3 is 10.6 Å². The van der Waals surface area contributed by atoms with Gasteiger partial charge in [-0.3, -0.25) is 4.79 Å². The Balaban J connectivity index is 2.02. The molecule has 1 saturated heterocycles. The number of amides is 1. The summed E-state index contributed by atoms with van der Waals surface area (Å²) in [4.78, 5) is 13.5. The molecule has 0 radical (unpaired) electrons. The van der Waals surface area contributed by atoms with E-state index in [0.717, 1.165) is 12.5 Å². The number of carbonyl (C=O) groups is 1. The number of nitrogens with two attached hydrogens (primary N) is 1. The molecule has 3 nitrogen and oxygen atoms in total. The number of nitrogens with zero attached hydrogens (tertiary/aromatic N) is 1. The molecule has 2 N–H and O–H groups in total. The third kappa shape index (κ3) is 1.12. The van der Waals surface area contributed by atoms with Crippen LogP contribution < -0.4 is 5.73 Å². The molecule has 1 aliphatic carbocycles. The monoisotopic (exact) mass is 168 g/mol. The van der Waals surface area contributed by atoms with E-state index in [9.17, 15) is 4.79 Å². The van der Waals surface area contributed by atoms with Gasteiger partial charge in [-0.2, -0.15) is 0 Å². The molecule has 1 heterocycles. The molecule has 2 rings (SSSR count). The topological polar surface area (TPSA) is 46.3 Å². The summed E-state index contributed by atoms with van der Waals surface area (Å²) in [6.45, 7) is 2.74. The first-order valence-corrected chi connectivity index (χ1v) is 4.74. The van der Waals surface area contributed by atoms with E-state index >= 15 is 0 Å². The zero-order chi connectivity index (χ0) is 8.72. The average Bonchev–Trinajstić information content (AvgIpc) is 2.62. The van der Waals surface area contributed by atoms with E-state index in [-0.39, 0.29) is 11.9 Å². The highest BCUT2D eigenvalue weighted by molar-refractivity contribution is 5.81. The summed E-state index contributed by atoms with van der Waals surface area (Å²) < 4.78 is 0. The van der Waals surface area contributed by atoms with Crippen LogP contribution in [0.2, 0.25) is 0 Å². The zero-order valence-electron chi connectivity index (χ0n) is 7.49. The van der Waals surface area contributed by atoms with Crippen molar-refractivity contribution in [2.24, 2.45) is 11.7 Å². The molecule has 2 bridgehead atoms. The van der Waals surface area contributed by atoms with Gasteiger partial charge in [0.25, 0.3) is 0 Å². The van der Waals surface area contributed by atoms with Crippen molar-refractivity contribution in [3.63, 3.8) is 0 Å². The van der Waals surface area contributed by atoms with Crippen molar-refractivity contribution in [1.82, 2.24) is 4.90 Å². The first kappa shape index (κ1) is 8.05. The Labute approximate surface area is 72.9 Å². The standard InChI is InChI=1S/C9H16N2O/c1-6(10)9(12)11-5-7-2-3-8(11)4-7/h6-8H,2-5,10H2,1H3/t6-,7+,8+/m1/s1. The number of hydrogen-bond donors (Lipinski definition) is 1. The van der Waals surface area contributed by atoms with E-state index < -0.39 is 0 Å². The second-order valence-corrected chi connectivity index (χ2v) is 4.11. The Hall–Kier alpha value is -0.570. The largest absolute Gasteiger partial charge is 0.338 e. The van der Waals surface area contributed by atoms with Gasteiger partial charge in [0.1, 0.15) is 0 Å². The lowest BCUT2D eigenvalue weighted by Gasteiger charge is -2.28. The molecule has 3 heteroatoms. The molecule has 2 fully saturated rings. The highest BCUT2D eigenvalue weighted by Crippen LogP contribution is 2.37. The normalized spacial score (nSPS) is 35.7. The van der Waals surface area contributed by atoms with Gasteiger partial charge in [0.05, 0.1) is 6.04 Å². The van der Waals surface area contributed by atoms with Gasteiger partial charge in [-0.05, 0) is 32.1 Å². The Bertz CT molecular complexity index is 203. The third-order valence-corrected chi connectivity index (χ3v) is 3.08. The lowest BCUT2D eigenvalue weighted by Crippen LogP contribution is -2.45. The highest BCUT2D eigenvalue weighted by Gasteiger charge is 2.40. The summed E-state index contributed by atoms with van der Waals surface area (Å²) in [5, 5.41) is 0. The molecule has 68 valence electrons. The maximum Gasteiger partial charge on any atom is 0.239 e. The molecule has 1 aliphatic heterocycles. The Morgan fingerprint density at radius 2 is 2.33 bits per heavy atom. The number of hydrogen-bond acceptors (Lipinski definition) is 2. The van der Waals surface area contributed by atoms with Crippen LogP contribution in [-0.2, 0) is 4.79 Å². The van der Waals surface area contributed by atoms with Crippen molar-refractivity contribution in [3.8, 4) is 0 Å². The molecule has 1 saturated carbocycles. The number of likely N-dealkylation sites (tertiary alicyclic amines) is 1. The Morgan fingerprint density at radius 3 is 2.75 bits per heavy atom. The Kier molecular flexibility index (Phi) is 1.83. The fraction of sp³-hybridized carbons (Fsp3) is 0.889. The van der Waals surface area contributed by atoms with E-state index in [1.807, 2.05) is 4.90 Å². The van der Waals surface area contributed by atoms with Crippen molar-refractivity contribution in [1.29, 1.82) is 0 Å². The molecule has 12 heavy (non-hydrogen) atoms. The van der Waals surface area contributed by atoms with Gasteiger partial charge in [0, 0.05) is 12.6 Å². The minimum atomic E-state index is -0.315. The number of carbonyl (C=O) groups excluding carboxylic acids is 1. The van der Waals surface area contributed by atoms with Crippen molar-refractivity contribution >= 4 is 5.91 Å². The predicted octanol–water partition coefficient (Wildman–Crippen LogP) is 0.345. The molecule has 0 unspecified atom stereocenters. The summed E-state index contributed by atoms with van der Waals surface area (Å²) in [5.41, 5.74) is 5.56. The van der Waals surface area contributed by atoms with Crippen molar-refractivity contribution in [2.45, 2.75) is 38.3 Å². The number of rotatable bonds is 1. The summed E-state index contributed by atoms with van der Waals surface area (Å²) in [6.07, 6.45) is 3.73. The van der Waals surface area contributed by atoms with Gasteiger partial charge in [-0.25, -0.2) is 0 Å². The van der Waals surface area contributed by atoms with Crippen LogP contribution in [0.25, 0.3) is 0 Å². The maximum absolute atomic E-state index is 11.5. The van der Waals surface area contributed by atoms with E-state index in [2.05, 4.69) is 0 Å². The van der Waals surface area contributed by atoms with Crippen LogP contribution in [0, 0.1) is 5.92 Å². The molecule has 0 aromatic heterocycles. The predicted molar refractivity (Wildman–Crippen MR) is 46.5 cm³/mol. The van der Waals surface area contributed by atoms with Gasteiger partial charge >= 0.3 is 0 Å². The average molecular weight is 168 g/mol. The minimum Gasteiger partial charge on any atom is -0.338 e. The summed E-state index contributed by atoms with van der Waals surface area (Å²) >= 11 is 0. The van der Waals surface area contributed by atoms with Gasteiger partial charge in [0.15, 0.2) is 0 Å². The van der Waals surface area contributed by atoms with Crippen molar-refractivity contribution in [3.05, 3.63) is 0 Å². The van der Waals surface area contributed by atoms with E-state index in [0.29, 0.717) is 6.04 Å². The highest BCUT2D eigenvalue weighted by atomic mass is 16.2. The zero-order valence-corrected chi connectivity index (χ0v) is 7.49. The molecule has 3 atom stereocenters. The van der Waals surface area contributed by atoms with E-state index in [1.165, 1.54) is 19.3 Å². The first-order chi connectivity index (χ1) is 5.68. The van der Waals surface area contributed by atoms with Crippen LogP contribution >= 0.6 is 0 Å². The lowest BCUT2D eigenvalue weighted by molar-refractivity contribution is -0.133. The maximum atomic E-state index is 11.5. The van der Waals surface area contributed by atoms with Crippen LogP contribution in [0.3, 0.4) is 0 Å². The fourth-order valence-electron chi connectivity index (χ4n) is 2.46. The molecule has 0 spiro atoms. The van der Waals surface area contributed by atoms with Gasteiger partial charge in [-0.1, -0.05) is 0 Å². The van der Waals surface area contributed by atoms with Crippen LogP contribution in [0.4, 0.5) is 0 Å². The second kappa shape index (κ2) is 2.73. The minimum absolute atomic E-state index is 0.141. The quantitative estimate of drug-likeness (QED) is 0.614. The summed E-state index contributed by atoms with van der Waals surface area (Å²) in [7, 11) is 0. The number of fused-ring (bicyclic) bond motifs is 2. The van der Waals surface area contributed by atoms with Crippen molar-refractivity contribution < 1.29 is 4.79 Å². The van der Waals surface area contributed by atoms with Crippen LogP contribution in [-0.4, -0.2) is 29.4 Å². The molecule has 2 aliphatic rings. The van der Waals surface area contributed by atoms with Crippen LogP contribution in [0.1, 0.15) is 26.2 Å². The van der Waals surface area contributed by atoms with E-state index in [1.54, 1.807) is 6.92 Å². The second-order valence-electron chi connectivity index (χ2n) is 4.11. The molecular formula is C9H16N2O. The fourth-order valence-corrected chi connectivity index (χ4v) is 2.46. The van der Waals surface area contributed by atoms with Crippen molar-refractivity contribution in [2.75, 3.05) is 6.54 Å². The van der Waals surface area contributed by atoms with E-state index in [4.69, 9.17) is 5.73 Å². The number of piperidine rings is 1. The van der Waals surface area contributed by atoms with Gasteiger partial charge in [0.2, 0.25) is 5.91 Å². The molecular weight excluding hydrogens is 152 g/mol. The lowest BCUT2D eigenvalue weighted by atomic mass is 10.1.